The van der Waals surface area contributed by atoms with Crippen LogP contribution in [0.2, 0.25) is 5.02 Å². The van der Waals surface area contributed by atoms with E-state index < -0.39 is 0 Å². The summed E-state index contributed by atoms with van der Waals surface area (Å²) in [4.78, 5) is 15.0. The van der Waals surface area contributed by atoms with Gasteiger partial charge in [0.2, 0.25) is 5.91 Å². The van der Waals surface area contributed by atoms with Gasteiger partial charge in [0.25, 0.3) is 0 Å². The average molecular weight is 372 g/mol. The van der Waals surface area contributed by atoms with Gasteiger partial charge < -0.3 is 9.88 Å². The quantitative estimate of drug-likeness (QED) is 0.882. The molecule has 1 aromatic carbocycles. The van der Waals surface area contributed by atoms with Crippen molar-refractivity contribution >= 4 is 17.5 Å². The van der Waals surface area contributed by atoms with Crippen molar-refractivity contribution in [1.29, 1.82) is 0 Å². The summed E-state index contributed by atoms with van der Waals surface area (Å²) in [6.07, 6.45) is 8.13. The number of carbonyl (C=O) groups excluding carboxylic acids is 1. The molecule has 26 heavy (non-hydrogen) atoms. The number of amides is 1. The van der Waals surface area contributed by atoms with E-state index in [4.69, 9.17) is 11.6 Å². The Morgan fingerprint density at radius 2 is 1.85 bits per heavy atom. The molecule has 0 saturated heterocycles. The summed E-state index contributed by atoms with van der Waals surface area (Å²) < 4.78 is 2.29. The Morgan fingerprint density at radius 3 is 2.62 bits per heavy atom. The van der Waals surface area contributed by atoms with Gasteiger partial charge in [-0.1, -0.05) is 43.0 Å². The normalized spacial score (nSPS) is 21.3. The van der Waals surface area contributed by atoms with Crippen LogP contribution in [0.1, 0.15) is 49.4 Å². The predicted octanol–water partition coefficient (Wildman–Crippen LogP) is 4.00. The van der Waals surface area contributed by atoms with Gasteiger partial charge in [-0.15, -0.1) is 0 Å². The molecule has 5 heteroatoms. The molecule has 1 amide bonds. The number of hydrogen-bond donors (Lipinski definition) is 1. The van der Waals surface area contributed by atoms with Gasteiger partial charge in [-0.25, -0.2) is 0 Å². The van der Waals surface area contributed by atoms with Crippen LogP contribution < -0.4 is 5.32 Å². The summed E-state index contributed by atoms with van der Waals surface area (Å²) in [6.45, 7) is 2.23. The third-order valence-electron chi connectivity index (χ3n) is 5.64. The van der Waals surface area contributed by atoms with Gasteiger partial charge in [0.15, 0.2) is 0 Å². The fraction of sp³-hybridized carbons (Fsp3) is 0.476. The number of aromatic nitrogens is 1. The lowest BCUT2D eigenvalue weighted by molar-refractivity contribution is -0.123. The van der Waals surface area contributed by atoms with Gasteiger partial charge in [0, 0.05) is 36.0 Å². The van der Waals surface area contributed by atoms with E-state index in [0.717, 1.165) is 31.0 Å². The van der Waals surface area contributed by atoms with Crippen molar-refractivity contribution in [3.8, 4) is 0 Å². The van der Waals surface area contributed by atoms with Crippen molar-refractivity contribution in [3.05, 3.63) is 58.9 Å². The first-order valence-electron chi connectivity index (χ1n) is 9.64. The number of nitrogens with zero attached hydrogens (tertiary/aromatic N) is 2. The third-order valence-corrected chi connectivity index (χ3v) is 5.89. The Kier molecular flexibility index (Phi) is 5.32. The van der Waals surface area contributed by atoms with Crippen LogP contribution in [0, 0.1) is 0 Å². The highest BCUT2D eigenvalue weighted by Crippen LogP contribution is 2.32. The molecule has 4 rings (SSSR count). The number of carbonyl (C=O) groups is 1. The van der Waals surface area contributed by atoms with Crippen LogP contribution >= 0.6 is 11.6 Å². The largest absolute Gasteiger partial charge is 0.352 e. The molecular formula is C21H26ClN3O. The molecule has 1 unspecified atom stereocenters. The zero-order valence-electron chi connectivity index (χ0n) is 15.0. The number of benzene rings is 1. The Bertz CT molecular complexity index is 749. The van der Waals surface area contributed by atoms with Crippen molar-refractivity contribution in [2.75, 3.05) is 13.1 Å². The van der Waals surface area contributed by atoms with Crippen molar-refractivity contribution < 1.29 is 4.79 Å². The van der Waals surface area contributed by atoms with E-state index in [-0.39, 0.29) is 11.9 Å². The topological polar surface area (TPSA) is 37.3 Å². The Morgan fingerprint density at radius 1 is 1.08 bits per heavy atom. The van der Waals surface area contributed by atoms with E-state index >= 15 is 0 Å². The van der Waals surface area contributed by atoms with Crippen LogP contribution in [0.15, 0.2) is 42.6 Å². The Labute approximate surface area is 160 Å². The average Bonchev–Trinajstić information content (AvgIpc) is 3.12. The van der Waals surface area contributed by atoms with Crippen LogP contribution in [-0.2, 0) is 11.3 Å². The third kappa shape index (κ3) is 3.81. The molecule has 1 saturated carbocycles. The minimum Gasteiger partial charge on any atom is -0.352 e. The molecule has 0 bridgehead atoms. The number of halogens is 1. The van der Waals surface area contributed by atoms with Crippen molar-refractivity contribution in [1.82, 2.24) is 14.8 Å². The summed E-state index contributed by atoms with van der Waals surface area (Å²) in [5.41, 5.74) is 2.42. The fourth-order valence-electron chi connectivity index (χ4n) is 4.33. The van der Waals surface area contributed by atoms with Gasteiger partial charge in [-0.3, -0.25) is 9.69 Å². The van der Waals surface area contributed by atoms with E-state index in [9.17, 15) is 4.79 Å². The first kappa shape index (κ1) is 17.6. The first-order chi connectivity index (χ1) is 12.7. The predicted molar refractivity (Wildman–Crippen MR) is 104 cm³/mol. The minimum atomic E-state index is 0.0909. The maximum Gasteiger partial charge on any atom is 0.234 e. The Hall–Kier alpha value is -1.78. The standard InChI is InChI=1S/C21H26ClN3O/c22-17-10-8-16(9-11-17)21-19-7-4-12-24(19)13-14-25(21)15-20(26)23-18-5-2-1-3-6-18/h4,7-12,18,21H,1-3,5-6,13-15H2,(H,23,26). The van der Waals surface area contributed by atoms with Crippen molar-refractivity contribution in [2.45, 2.75) is 50.7 Å². The second-order valence-corrected chi connectivity index (χ2v) is 7.89. The van der Waals surface area contributed by atoms with Crippen LogP contribution in [0.25, 0.3) is 0 Å². The maximum atomic E-state index is 12.7. The van der Waals surface area contributed by atoms with E-state index in [1.807, 2.05) is 12.1 Å². The number of fused-ring (bicyclic) bond motifs is 1. The fourth-order valence-corrected chi connectivity index (χ4v) is 4.46. The van der Waals surface area contributed by atoms with Crippen LogP contribution in [0.4, 0.5) is 0 Å². The second kappa shape index (κ2) is 7.85. The van der Waals surface area contributed by atoms with Crippen molar-refractivity contribution in [2.24, 2.45) is 0 Å². The summed E-state index contributed by atoms with van der Waals surface area (Å²) in [5, 5.41) is 3.99. The molecule has 1 aliphatic heterocycles. The molecule has 2 aliphatic rings. The molecule has 1 N–H and O–H groups in total. The molecule has 2 aromatic rings. The molecule has 4 nitrogen and oxygen atoms in total. The highest BCUT2D eigenvalue weighted by Gasteiger charge is 2.30. The highest BCUT2D eigenvalue weighted by molar-refractivity contribution is 6.30. The van der Waals surface area contributed by atoms with E-state index in [1.54, 1.807) is 0 Å². The van der Waals surface area contributed by atoms with E-state index in [2.05, 4.69) is 45.2 Å². The molecular weight excluding hydrogens is 346 g/mol. The van der Waals surface area contributed by atoms with Gasteiger partial charge in [-0.05, 0) is 42.7 Å². The lowest BCUT2D eigenvalue weighted by Gasteiger charge is -2.37. The molecule has 1 fully saturated rings. The van der Waals surface area contributed by atoms with E-state index in [0.29, 0.717) is 12.6 Å². The van der Waals surface area contributed by atoms with Crippen LogP contribution in [0.3, 0.4) is 0 Å². The molecule has 2 heterocycles. The highest BCUT2D eigenvalue weighted by atomic mass is 35.5. The summed E-state index contributed by atoms with van der Waals surface area (Å²) in [7, 11) is 0. The SMILES string of the molecule is O=C(CN1CCn2cccc2C1c1ccc(Cl)cc1)NC1CCCCC1. The summed E-state index contributed by atoms with van der Waals surface area (Å²) >= 11 is 6.08. The van der Waals surface area contributed by atoms with Crippen LogP contribution in [0.5, 0.6) is 0 Å². The zero-order valence-corrected chi connectivity index (χ0v) is 15.8. The maximum absolute atomic E-state index is 12.7. The smallest absolute Gasteiger partial charge is 0.234 e. The van der Waals surface area contributed by atoms with Gasteiger partial charge in [0.1, 0.15) is 0 Å². The Balaban J connectivity index is 1.52. The van der Waals surface area contributed by atoms with E-state index in [1.165, 1.54) is 30.5 Å². The number of rotatable bonds is 4. The monoisotopic (exact) mass is 371 g/mol. The summed E-state index contributed by atoms with van der Waals surface area (Å²) in [5.74, 6) is 0.149. The molecule has 1 aliphatic carbocycles. The molecule has 1 aromatic heterocycles. The second-order valence-electron chi connectivity index (χ2n) is 7.45. The summed E-state index contributed by atoms with van der Waals surface area (Å²) in [6, 6.07) is 12.7. The van der Waals surface area contributed by atoms with Gasteiger partial charge >= 0.3 is 0 Å². The van der Waals surface area contributed by atoms with Crippen molar-refractivity contribution in [3.63, 3.8) is 0 Å². The molecule has 1 atom stereocenters. The minimum absolute atomic E-state index is 0.0909. The lowest BCUT2D eigenvalue weighted by Crippen LogP contribution is -2.46. The van der Waals surface area contributed by atoms with Crippen LogP contribution in [-0.4, -0.2) is 34.5 Å². The number of hydrogen-bond acceptors (Lipinski definition) is 2. The lowest BCUT2D eigenvalue weighted by atomic mass is 9.95. The number of nitrogens with one attached hydrogen (secondary N) is 1. The van der Waals surface area contributed by atoms with Gasteiger partial charge in [0.05, 0.1) is 12.6 Å². The molecule has 0 spiro atoms. The van der Waals surface area contributed by atoms with Gasteiger partial charge in [-0.2, -0.15) is 0 Å². The molecule has 0 radical (unpaired) electrons. The molecule has 138 valence electrons. The first-order valence-corrected chi connectivity index (χ1v) is 10.0. The zero-order chi connectivity index (χ0) is 17.9.